The summed E-state index contributed by atoms with van der Waals surface area (Å²) >= 11 is 0. The molecule has 0 spiro atoms. The van der Waals surface area contributed by atoms with Gasteiger partial charge in [0, 0.05) is 12.0 Å². The van der Waals surface area contributed by atoms with Gasteiger partial charge in [0.1, 0.15) is 0 Å². The van der Waals surface area contributed by atoms with Gasteiger partial charge in [0.25, 0.3) is 0 Å². The van der Waals surface area contributed by atoms with Gasteiger partial charge in [-0.15, -0.1) is 0 Å². The van der Waals surface area contributed by atoms with Crippen molar-refractivity contribution >= 4 is 5.91 Å². The number of hydrogen-bond acceptors (Lipinski definition) is 1. The molecule has 2 heteroatoms. The van der Waals surface area contributed by atoms with Crippen LogP contribution >= 0.6 is 0 Å². The van der Waals surface area contributed by atoms with Gasteiger partial charge in [-0.1, -0.05) is 64.4 Å². The molecule has 160 valence electrons. The number of carbonyl (C=O) groups is 1. The monoisotopic (exact) mass is 395 g/mol. The van der Waals surface area contributed by atoms with Gasteiger partial charge in [-0.2, -0.15) is 0 Å². The van der Waals surface area contributed by atoms with Crippen molar-refractivity contribution < 1.29 is 4.79 Å². The smallest absolute Gasteiger partial charge is 0.226 e. The second-order valence-electron chi connectivity index (χ2n) is 11.3. The molecule has 1 N–H and O–H groups in total. The van der Waals surface area contributed by atoms with E-state index in [1.165, 1.54) is 50.5 Å². The summed E-state index contributed by atoms with van der Waals surface area (Å²) in [5.41, 5.74) is 1.34. The summed E-state index contributed by atoms with van der Waals surface area (Å²) in [4.78, 5) is 13.5. The van der Waals surface area contributed by atoms with Crippen molar-refractivity contribution in [3.63, 3.8) is 0 Å². The summed E-state index contributed by atoms with van der Waals surface area (Å²) in [6.45, 7) is 10.3. The maximum Gasteiger partial charge on any atom is 0.226 e. The highest BCUT2D eigenvalue weighted by Gasteiger charge is 2.59. The highest BCUT2D eigenvalue weighted by Crippen LogP contribution is 2.64. The first-order valence-corrected chi connectivity index (χ1v) is 12.2. The van der Waals surface area contributed by atoms with E-state index in [2.05, 4.69) is 57.3 Å². The Morgan fingerprint density at radius 3 is 2.55 bits per heavy atom. The first kappa shape index (κ1) is 20.9. The summed E-state index contributed by atoms with van der Waals surface area (Å²) in [5.74, 6) is 4.30. The molecule has 0 heterocycles. The van der Waals surface area contributed by atoms with Gasteiger partial charge in [-0.25, -0.2) is 0 Å². The summed E-state index contributed by atoms with van der Waals surface area (Å²) in [5, 5.41) is 3.31. The Balaban J connectivity index is 1.50. The molecule has 0 bridgehead atoms. The predicted molar refractivity (Wildman–Crippen MR) is 120 cm³/mol. The molecule has 4 rings (SSSR count). The van der Waals surface area contributed by atoms with Crippen LogP contribution < -0.4 is 5.32 Å². The van der Waals surface area contributed by atoms with E-state index in [1.54, 1.807) is 0 Å². The largest absolute Gasteiger partial charge is 0.352 e. The molecule has 3 unspecified atom stereocenters. The van der Waals surface area contributed by atoms with Crippen LogP contribution in [0, 0.1) is 40.4 Å². The molecule has 0 saturated heterocycles. The lowest BCUT2D eigenvalue weighted by Gasteiger charge is -2.61. The fraction of sp³-hybridized carbons (Fsp3) is 0.741. The van der Waals surface area contributed by atoms with E-state index >= 15 is 0 Å². The van der Waals surface area contributed by atoms with Gasteiger partial charge in [-0.05, 0) is 85.5 Å². The SMILES string of the molecule is CC(C)C1CC[C@@H]2C(CCC3[C@]2(C)CCC[C@]3(C)C(=O)NCc2ccccc2)C1. The lowest BCUT2D eigenvalue weighted by molar-refractivity contribution is -0.157. The molecular weight excluding hydrogens is 354 g/mol. The standard InChI is InChI=1S/C27H41NO/c1-19(2)21-11-13-23-22(17-21)12-14-24-26(23,3)15-8-16-27(24,4)25(29)28-18-20-9-6-5-7-10-20/h5-7,9-10,19,21-24H,8,11-18H2,1-4H3,(H,28,29)/t21?,22?,23-,24?,26-,27+/m1/s1. The minimum Gasteiger partial charge on any atom is -0.352 e. The second kappa shape index (κ2) is 8.08. The van der Waals surface area contributed by atoms with Crippen LogP contribution in [0.15, 0.2) is 30.3 Å². The van der Waals surface area contributed by atoms with Gasteiger partial charge in [-0.3, -0.25) is 4.79 Å². The number of amides is 1. The molecule has 29 heavy (non-hydrogen) atoms. The van der Waals surface area contributed by atoms with Crippen molar-refractivity contribution in [3.8, 4) is 0 Å². The molecule has 0 aromatic heterocycles. The van der Waals surface area contributed by atoms with Crippen LogP contribution in [0.1, 0.15) is 84.6 Å². The van der Waals surface area contributed by atoms with Crippen LogP contribution in [-0.2, 0) is 11.3 Å². The summed E-state index contributed by atoms with van der Waals surface area (Å²) < 4.78 is 0. The highest BCUT2D eigenvalue weighted by molar-refractivity contribution is 5.82. The Hall–Kier alpha value is -1.31. The van der Waals surface area contributed by atoms with Gasteiger partial charge in [0.2, 0.25) is 5.91 Å². The molecule has 1 aromatic rings. The maximum absolute atomic E-state index is 13.5. The van der Waals surface area contributed by atoms with E-state index in [4.69, 9.17) is 0 Å². The Kier molecular flexibility index (Phi) is 5.84. The fourth-order valence-corrected chi connectivity index (χ4v) is 7.73. The van der Waals surface area contributed by atoms with E-state index in [0.29, 0.717) is 23.8 Å². The Bertz CT molecular complexity index is 713. The van der Waals surface area contributed by atoms with Gasteiger partial charge in [0.15, 0.2) is 0 Å². The van der Waals surface area contributed by atoms with Crippen molar-refractivity contribution in [2.24, 2.45) is 40.4 Å². The summed E-state index contributed by atoms with van der Waals surface area (Å²) in [6.07, 6.45) is 10.4. The number of fused-ring (bicyclic) bond motifs is 3. The van der Waals surface area contributed by atoms with Crippen molar-refractivity contribution in [3.05, 3.63) is 35.9 Å². The van der Waals surface area contributed by atoms with E-state index in [9.17, 15) is 4.79 Å². The second-order valence-corrected chi connectivity index (χ2v) is 11.3. The molecular formula is C27H41NO. The molecule has 0 aliphatic heterocycles. The molecule has 3 saturated carbocycles. The van der Waals surface area contributed by atoms with E-state index in [1.807, 2.05) is 6.07 Å². The van der Waals surface area contributed by atoms with Crippen LogP contribution in [0.3, 0.4) is 0 Å². The summed E-state index contributed by atoms with van der Waals surface area (Å²) in [6, 6.07) is 10.3. The minimum atomic E-state index is -0.207. The number of benzene rings is 1. The first-order valence-electron chi connectivity index (χ1n) is 12.2. The number of rotatable bonds is 4. The van der Waals surface area contributed by atoms with Crippen LogP contribution in [0.2, 0.25) is 0 Å². The molecule has 0 radical (unpaired) electrons. The molecule has 2 nitrogen and oxygen atoms in total. The zero-order valence-electron chi connectivity index (χ0n) is 19.0. The lowest BCUT2D eigenvalue weighted by atomic mass is 9.43. The lowest BCUT2D eigenvalue weighted by Crippen LogP contribution is -2.57. The average Bonchev–Trinajstić information content (AvgIpc) is 2.72. The van der Waals surface area contributed by atoms with E-state index in [-0.39, 0.29) is 5.41 Å². The van der Waals surface area contributed by atoms with Gasteiger partial charge >= 0.3 is 0 Å². The zero-order chi connectivity index (χ0) is 20.6. The molecule has 6 atom stereocenters. The summed E-state index contributed by atoms with van der Waals surface area (Å²) in [7, 11) is 0. The molecule has 3 fully saturated rings. The first-order chi connectivity index (χ1) is 13.8. The molecule has 3 aliphatic carbocycles. The van der Waals surface area contributed by atoms with E-state index < -0.39 is 0 Å². The third-order valence-corrected chi connectivity index (χ3v) is 9.43. The van der Waals surface area contributed by atoms with Crippen molar-refractivity contribution in [2.75, 3.05) is 0 Å². The van der Waals surface area contributed by atoms with Gasteiger partial charge in [0.05, 0.1) is 0 Å². The third-order valence-electron chi connectivity index (χ3n) is 9.43. The topological polar surface area (TPSA) is 29.1 Å². The highest BCUT2D eigenvalue weighted by atomic mass is 16.2. The van der Waals surface area contributed by atoms with Crippen molar-refractivity contribution in [2.45, 2.75) is 85.6 Å². The average molecular weight is 396 g/mol. The maximum atomic E-state index is 13.5. The third kappa shape index (κ3) is 3.77. The Labute approximate surface area is 178 Å². The van der Waals surface area contributed by atoms with Crippen molar-refractivity contribution in [1.82, 2.24) is 5.32 Å². The number of nitrogens with one attached hydrogen (secondary N) is 1. The van der Waals surface area contributed by atoms with Crippen molar-refractivity contribution in [1.29, 1.82) is 0 Å². The normalized spacial score (nSPS) is 39.5. The van der Waals surface area contributed by atoms with Crippen LogP contribution in [0.4, 0.5) is 0 Å². The number of carbonyl (C=O) groups excluding carboxylic acids is 1. The minimum absolute atomic E-state index is 0.207. The quantitative estimate of drug-likeness (QED) is 0.611. The number of hydrogen-bond donors (Lipinski definition) is 1. The van der Waals surface area contributed by atoms with E-state index in [0.717, 1.165) is 30.1 Å². The Morgan fingerprint density at radius 2 is 1.83 bits per heavy atom. The Morgan fingerprint density at radius 1 is 1.07 bits per heavy atom. The van der Waals surface area contributed by atoms with Crippen LogP contribution in [0.25, 0.3) is 0 Å². The van der Waals surface area contributed by atoms with Gasteiger partial charge < -0.3 is 5.32 Å². The predicted octanol–water partition coefficient (Wildman–Crippen LogP) is 6.60. The zero-order valence-corrected chi connectivity index (χ0v) is 19.0. The fourth-order valence-electron chi connectivity index (χ4n) is 7.73. The van der Waals surface area contributed by atoms with Crippen LogP contribution in [0.5, 0.6) is 0 Å². The molecule has 1 amide bonds. The molecule has 3 aliphatic rings. The van der Waals surface area contributed by atoms with Crippen LogP contribution in [-0.4, -0.2) is 5.91 Å². The molecule has 1 aromatic carbocycles.